The molecule has 0 unspecified atom stereocenters. The Morgan fingerprint density at radius 1 is 1.11 bits per heavy atom. The topological polar surface area (TPSA) is 149 Å². The third-order valence-corrected chi connectivity index (χ3v) is 8.03. The van der Waals surface area contributed by atoms with Gasteiger partial charge in [-0.25, -0.2) is 14.2 Å². The Bertz CT molecular complexity index is 1870. The number of nitrogens with one attached hydrogen (secondary N) is 2. The Hall–Kier alpha value is -4.74. The van der Waals surface area contributed by atoms with Crippen molar-refractivity contribution < 1.29 is 9.13 Å². The van der Waals surface area contributed by atoms with Gasteiger partial charge in [-0.1, -0.05) is 50.1 Å². The van der Waals surface area contributed by atoms with Gasteiger partial charge < -0.3 is 26.5 Å². The summed E-state index contributed by atoms with van der Waals surface area (Å²) in [5.41, 5.74) is 14.3. The van der Waals surface area contributed by atoms with Crippen molar-refractivity contribution in [1.82, 2.24) is 19.5 Å². The smallest absolute Gasteiger partial charge is 0.354 e. The van der Waals surface area contributed by atoms with Crippen LogP contribution in [0.3, 0.4) is 0 Å². The number of hydrogen-bond donors (Lipinski definition) is 4. The van der Waals surface area contributed by atoms with Gasteiger partial charge in [0, 0.05) is 36.4 Å². The number of rotatable bonds is 15. The summed E-state index contributed by atoms with van der Waals surface area (Å²) in [5.74, 6) is 0.866. The lowest BCUT2D eigenvalue weighted by molar-refractivity contribution is 0.0453. The van der Waals surface area contributed by atoms with Gasteiger partial charge in [0.05, 0.1) is 29.1 Å². The maximum Gasteiger partial charge on any atom is 0.354 e. The summed E-state index contributed by atoms with van der Waals surface area (Å²) in [5, 5.41) is 4.02. The standard InChI is InChI=1S/C35H40ClFN8O2/c1-22(2)6-5-7-24-16-28(32(37)29(36)17-24)30-18-25-20-45(35(46)44-33(25)43-30)26-11-9-23(10-12-26)21-47-27(13-15-41-34(38)39)19-42-31-8-3-4-14-40-31/h3-4,8-12,14,16-18,20,22,27H,5-7,13,15,19,21H2,1-2H3,(H,40,42)(H4,38,39,41)(H,43,44,46)/t27-/m1/s1. The van der Waals surface area contributed by atoms with Crippen LogP contribution in [0.1, 0.15) is 44.2 Å². The van der Waals surface area contributed by atoms with E-state index in [1.165, 1.54) is 4.57 Å². The molecule has 0 aliphatic heterocycles. The number of aromatic nitrogens is 4. The molecule has 47 heavy (non-hydrogen) atoms. The largest absolute Gasteiger partial charge is 0.372 e. The summed E-state index contributed by atoms with van der Waals surface area (Å²) in [6.07, 6.45) is 6.71. The highest BCUT2D eigenvalue weighted by Crippen LogP contribution is 2.31. The Kier molecular flexibility index (Phi) is 11.2. The lowest BCUT2D eigenvalue weighted by Gasteiger charge is -2.18. The van der Waals surface area contributed by atoms with Crippen molar-refractivity contribution in [2.24, 2.45) is 22.4 Å². The van der Waals surface area contributed by atoms with Gasteiger partial charge in [0.25, 0.3) is 0 Å². The van der Waals surface area contributed by atoms with Crippen LogP contribution in [0, 0.1) is 11.7 Å². The van der Waals surface area contributed by atoms with Crippen molar-refractivity contribution in [3.63, 3.8) is 0 Å². The van der Waals surface area contributed by atoms with E-state index in [9.17, 15) is 4.79 Å². The van der Waals surface area contributed by atoms with Crippen molar-refractivity contribution in [3.8, 4) is 16.9 Å². The number of H-pyrrole nitrogens is 1. The van der Waals surface area contributed by atoms with Crippen molar-refractivity contribution in [1.29, 1.82) is 0 Å². The number of fused-ring (bicyclic) bond motifs is 1. The lowest BCUT2D eigenvalue weighted by atomic mass is 10.00. The summed E-state index contributed by atoms with van der Waals surface area (Å²) in [4.78, 5) is 28.8. The van der Waals surface area contributed by atoms with Crippen LogP contribution in [-0.4, -0.2) is 44.7 Å². The molecule has 0 amide bonds. The van der Waals surface area contributed by atoms with Crippen molar-refractivity contribution in [2.75, 3.05) is 18.4 Å². The maximum absolute atomic E-state index is 15.2. The molecule has 3 heterocycles. The predicted octanol–water partition coefficient (Wildman–Crippen LogP) is 6.21. The highest BCUT2D eigenvalue weighted by Gasteiger charge is 2.16. The van der Waals surface area contributed by atoms with Crippen LogP contribution in [-0.2, 0) is 17.8 Å². The number of benzene rings is 2. The SMILES string of the molecule is CC(C)CCCc1cc(Cl)c(F)c(-c2cc3cn(-c4ccc(CO[C@H](CCN=C(N)N)CNc5ccccn5)cc4)c(=O)nc3[nH]2)c1. The number of aryl methyl sites for hydroxylation is 1. The lowest BCUT2D eigenvalue weighted by Crippen LogP contribution is -2.27. The molecular weight excluding hydrogens is 619 g/mol. The summed E-state index contributed by atoms with van der Waals surface area (Å²) in [6.45, 7) is 5.65. The fourth-order valence-corrected chi connectivity index (χ4v) is 5.50. The number of aliphatic imine (C=N–C) groups is 1. The number of halogens is 2. The van der Waals surface area contributed by atoms with E-state index >= 15 is 4.39 Å². The average molecular weight is 659 g/mol. The van der Waals surface area contributed by atoms with E-state index in [0.717, 1.165) is 36.2 Å². The van der Waals surface area contributed by atoms with E-state index in [4.69, 9.17) is 27.8 Å². The van der Waals surface area contributed by atoms with Crippen LogP contribution >= 0.6 is 11.6 Å². The molecule has 0 aliphatic rings. The molecule has 0 spiro atoms. The number of guanidine groups is 1. The second-order valence-electron chi connectivity index (χ2n) is 11.9. The van der Waals surface area contributed by atoms with Gasteiger partial charge in [-0.3, -0.25) is 9.56 Å². The summed E-state index contributed by atoms with van der Waals surface area (Å²) < 4.78 is 22.8. The monoisotopic (exact) mass is 658 g/mol. The first-order valence-electron chi connectivity index (χ1n) is 15.7. The first-order chi connectivity index (χ1) is 22.7. The van der Waals surface area contributed by atoms with E-state index in [1.54, 1.807) is 24.5 Å². The van der Waals surface area contributed by atoms with Crippen molar-refractivity contribution in [2.45, 2.75) is 52.2 Å². The third kappa shape index (κ3) is 9.17. The van der Waals surface area contributed by atoms with Gasteiger partial charge in [-0.05, 0) is 78.8 Å². The number of ether oxygens (including phenoxy) is 1. The van der Waals surface area contributed by atoms with Crippen LogP contribution in [0.5, 0.6) is 0 Å². The van der Waals surface area contributed by atoms with E-state index < -0.39 is 11.5 Å². The number of aromatic amines is 1. The summed E-state index contributed by atoms with van der Waals surface area (Å²) in [7, 11) is 0. The Morgan fingerprint density at radius 2 is 1.91 bits per heavy atom. The zero-order chi connectivity index (χ0) is 33.3. The zero-order valence-electron chi connectivity index (χ0n) is 26.5. The molecule has 3 aromatic heterocycles. The van der Waals surface area contributed by atoms with Crippen LogP contribution in [0.25, 0.3) is 28.0 Å². The van der Waals surface area contributed by atoms with Gasteiger partial charge in [0.2, 0.25) is 0 Å². The van der Waals surface area contributed by atoms with Gasteiger partial charge in [0.15, 0.2) is 11.8 Å². The first-order valence-corrected chi connectivity index (χ1v) is 16.1. The van der Waals surface area contributed by atoms with E-state index in [1.807, 2.05) is 48.5 Å². The molecule has 12 heteroatoms. The van der Waals surface area contributed by atoms with Gasteiger partial charge in [0.1, 0.15) is 11.5 Å². The molecule has 0 saturated heterocycles. The van der Waals surface area contributed by atoms with Crippen LogP contribution in [0.2, 0.25) is 5.02 Å². The van der Waals surface area contributed by atoms with Gasteiger partial charge in [-0.2, -0.15) is 4.98 Å². The van der Waals surface area contributed by atoms with E-state index in [0.29, 0.717) is 60.0 Å². The molecule has 10 nitrogen and oxygen atoms in total. The van der Waals surface area contributed by atoms with Crippen molar-refractivity contribution in [3.05, 3.63) is 106 Å². The fraction of sp³-hybridized carbons (Fsp3) is 0.314. The highest BCUT2D eigenvalue weighted by atomic mass is 35.5. The Morgan fingerprint density at radius 3 is 2.64 bits per heavy atom. The van der Waals surface area contributed by atoms with Gasteiger partial charge in [-0.15, -0.1) is 0 Å². The van der Waals surface area contributed by atoms with E-state index in [2.05, 4.69) is 39.1 Å². The molecule has 2 aromatic carbocycles. The van der Waals surface area contributed by atoms with Gasteiger partial charge >= 0.3 is 5.69 Å². The molecular formula is C35H40ClFN8O2. The number of nitrogens with zero attached hydrogens (tertiary/aromatic N) is 4. The third-order valence-electron chi connectivity index (χ3n) is 7.75. The molecule has 6 N–H and O–H groups in total. The molecule has 5 aromatic rings. The molecule has 5 rings (SSSR count). The first kappa shape index (κ1) is 33.6. The number of pyridine rings is 1. The number of anilines is 1. The second kappa shape index (κ2) is 15.7. The molecule has 0 fully saturated rings. The molecule has 0 radical (unpaired) electrons. The predicted molar refractivity (Wildman–Crippen MR) is 186 cm³/mol. The minimum absolute atomic E-state index is 0.0362. The highest BCUT2D eigenvalue weighted by molar-refractivity contribution is 6.31. The van der Waals surface area contributed by atoms with Crippen LogP contribution in [0.4, 0.5) is 10.2 Å². The van der Waals surface area contributed by atoms with Crippen LogP contribution in [0.15, 0.2) is 82.8 Å². The Balaban J connectivity index is 1.29. The average Bonchev–Trinajstić information content (AvgIpc) is 3.46. The molecule has 0 saturated carbocycles. The van der Waals surface area contributed by atoms with Crippen molar-refractivity contribution >= 4 is 34.4 Å². The maximum atomic E-state index is 15.2. The minimum atomic E-state index is -0.509. The minimum Gasteiger partial charge on any atom is -0.372 e. The second-order valence-corrected chi connectivity index (χ2v) is 12.3. The molecule has 1 atom stereocenters. The normalized spacial score (nSPS) is 12.0. The zero-order valence-corrected chi connectivity index (χ0v) is 27.3. The Labute approximate surface area is 278 Å². The number of hydrogen-bond acceptors (Lipinski definition) is 6. The molecule has 246 valence electrons. The molecule has 0 bridgehead atoms. The van der Waals surface area contributed by atoms with E-state index in [-0.39, 0.29) is 17.1 Å². The number of nitrogens with two attached hydrogens (primary N) is 2. The quantitative estimate of drug-likeness (QED) is 0.0772. The summed E-state index contributed by atoms with van der Waals surface area (Å²) >= 11 is 6.28. The fourth-order valence-electron chi connectivity index (χ4n) is 5.26. The van der Waals surface area contributed by atoms with Crippen LogP contribution < -0.4 is 22.5 Å². The molecule has 0 aliphatic carbocycles. The summed E-state index contributed by atoms with van der Waals surface area (Å²) in [6, 6.07) is 18.4.